The van der Waals surface area contributed by atoms with Crippen molar-refractivity contribution in [3.8, 4) is 11.1 Å². The van der Waals surface area contributed by atoms with Crippen LogP contribution in [0.2, 0.25) is 0 Å². The SMILES string of the molecule is O=C(O)CC1CCC(NC(=O)c2cc(NC(=O)OCC3c4ccccc4-c4ccccc43)n[nH]2)C1. The van der Waals surface area contributed by atoms with Gasteiger partial charge >= 0.3 is 12.1 Å². The van der Waals surface area contributed by atoms with Crippen LogP contribution in [0.3, 0.4) is 0 Å². The summed E-state index contributed by atoms with van der Waals surface area (Å²) >= 11 is 0. The van der Waals surface area contributed by atoms with Crippen molar-refractivity contribution in [1.29, 1.82) is 0 Å². The van der Waals surface area contributed by atoms with Crippen LogP contribution in [0.1, 0.15) is 53.2 Å². The van der Waals surface area contributed by atoms with Crippen LogP contribution < -0.4 is 10.6 Å². The number of carbonyl (C=O) groups is 3. The van der Waals surface area contributed by atoms with Gasteiger partial charge in [0.25, 0.3) is 5.91 Å². The number of hydrogen-bond donors (Lipinski definition) is 4. The van der Waals surface area contributed by atoms with E-state index in [-0.39, 0.29) is 48.3 Å². The van der Waals surface area contributed by atoms with Crippen molar-refractivity contribution in [2.75, 3.05) is 11.9 Å². The van der Waals surface area contributed by atoms with E-state index in [1.54, 1.807) is 0 Å². The maximum atomic E-state index is 12.5. The fraction of sp³-hybridized carbons (Fsp3) is 0.308. The predicted molar refractivity (Wildman–Crippen MR) is 128 cm³/mol. The molecule has 35 heavy (non-hydrogen) atoms. The Labute approximate surface area is 201 Å². The Kier molecular flexibility index (Phi) is 6.22. The summed E-state index contributed by atoms with van der Waals surface area (Å²) in [6.07, 6.45) is 1.61. The molecule has 1 saturated carbocycles. The number of carboxylic acids is 1. The zero-order valence-electron chi connectivity index (χ0n) is 19.0. The average molecular weight is 475 g/mol. The highest BCUT2D eigenvalue weighted by molar-refractivity contribution is 5.94. The topological polar surface area (TPSA) is 133 Å². The molecule has 2 atom stereocenters. The number of nitrogens with one attached hydrogen (secondary N) is 3. The van der Waals surface area contributed by atoms with Crippen LogP contribution in [-0.4, -0.2) is 45.9 Å². The molecule has 180 valence electrons. The maximum Gasteiger partial charge on any atom is 0.412 e. The van der Waals surface area contributed by atoms with Gasteiger partial charge in [0.1, 0.15) is 12.3 Å². The lowest BCUT2D eigenvalue weighted by molar-refractivity contribution is -0.138. The number of ether oxygens (including phenoxy) is 1. The minimum absolute atomic E-state index is 0.0509. The second kappa shape index (κ2) is 9.61. The Bertz CT molecular complexity index is 1220. The summed E-state index contributed by atoms with van der Waals surface area (Å²) < 4.78 is 5.51. The smallest absolute Gasteiger partial charge is 0.412 e. The third-order valence-corrected chi connectivity index (χ3v) is 6.74. The zero-order valence-corrected chi connectivity index (χ0v) is 19.0. The second-order valence-corrected chi connectivity index (χ2v) is 9.06. The Hall–Kier alpha value is -4.14. The Balaban J connectivity index is 1.15. The first-order valence-corrected chi connectivity index (χ1v) is 11.7. The van der Waals surface area contributed by atoms with Crippen molar-refractivity contribution < 1.29 is 24.2 Å². The van der Waals surface area contributed by atoms with E-state index in [0.29, 0.717) is 6.42 Å². The van der Waals surface area contributed by atoms with Crippen LogP contribution >= 0.6 is 0 Å². The van der Waals surface area contributed by atoms with E-state index in [0.717, 1.165) is 35.1 Å². The molecule has 5 rings (SSSR count). The molecule has 0 radical (unpaired) electrons. The van der Waals surface area contributed by atoms with Gasteiger partial charge in [-0.1, -0.05) is 48.5 Å². The Morgan fingerprint density at radius 2 is 1.71 bits per heavy atom. The molecule has 0 spiro atoms. The van der Waals surface area contributed by atoms with Crippen molar-refractivity contribution >= 4 is 23.8 Å². The average Bonchev–Trinajstić information content (AvgIpc) is 3.55. The van der Waals surface area contributed by atoms with Gasteiger partial charge in [-0.15, -0.1) is 0 Å². The van der Waals surface area contributed by atoms with Gasteiger partial charge in [0.2, 0.25) is 0 Å². The highest BCUT2D eigenvalue weighted by Crippen LogP contribution is 2.44. The molecule has 2 aliphatic carbocycles. The quantitative estimate of drug-likeness (QED) is 0.407. The lowest BCUT2D eigenvalue weighted by Gasteiger charge is -2.14. The number of nitrogens with zero attached hydrogens (tertiary/aromatic N) is 1. The maximum absolute atomic E-state index is 12.5. The molecule has 2 aromatic carbocycles. The number of fused-ring (bicyclic) bond motifs is 3. The number of aromatic amines is 1. The first-order chi connectivity index (χ1) is 17.0. The van der Waals surface area contributed by atoms with Crippen LogP contribution in [0, 0.1) is 5.92 Å². The molecule has 2 unspecified atom stereocenters. The number of amides is 2. The Morgan fingerprint density at radius 1 is 1.03 bits per heavy atom. The molecular weight excluding hydrogens is 448 g/mol. The molecule has 9 nitrogen and oxygen atoms in total. The molecule has 0 saturated heterocycles. The third-order valence-electron chi connectivity index (χ3n) is 6.74. The Morgan fingerprint density at radius 3 is 2.40 bits per heavy atom. The van der Waals surface area contributed by atoms with Crippen molar-refractivity contribution in [2.24, 2.45) is 5.92 Å². The van der Waals surface area contributed by atoms with E-state index in [1.165, 1.54) is 6.07 Å². The van der Waals surface area contributed by atoms with E-state index in [1.807, 2.05) is 36.4 Å². The van der Waals surface area contributed by atoms with Crippen LogP contribution in [0.25, 0.3) is 11.1 Å². The first kappa shape index (κ1) is 22.6. The van der Waals surface area contributed by atoms with Crippen molar-refractivity contribution in [3.63, 3.8) is 0 Å². The fourth-order valence-corrected chi connectivity index (χ4v) is 5.14. The molecule has 0 aliphatic heterocycles. The predicted octanol–water partition coefficient (Wildman–Crippen LogP) is 4.14. The highest BCUT2D eigenvalue weighted by atomic mass is 16.5. The first-order valence-electron chi connectivity index (χ1n) is 11.7. The van der Waals surface area contributed by atoms with E-state index in [9.17, 15) is 14.4 Å². The molecule has 1 aromatic heterocycles. The van der Waals surface area contributed by atoms with Gasteiger partial charge in [-0.3, -0.25) is 20.0 Å². The summed E-state index contributed by atoms with van der Waals surface area (Å²) in [5, 5.41) is 21.0. The van der Waals surface area contributed by atoms with E-state index >= 15 is 0 Å². The zero-order chi connectivity index (χ0) is 24.4. The number of rotatable bonds is 7. The minimum Gasteiger partial charge on any atom is -0.481 e. The number of hydrogen-bond acceptors (Lipinski definition) is 5. The third kappa shape index (κ3) is 4.89. The number of benzene rings is 2. The molecule has 2 aliphatic rings. The largest absolute Gasteiger partial charge is 0.481 e. The number of H-pyrrole nitrogens is 1. The number of aromatic nitrogens is 2. The van der Waals surface area contributed by atoms with Crippen LogP contribution in [0.15, 0.2) is 54.6 Å². The van der Waals surface area contributed by atoms with Crippen molar-refractivity contribution in [3.05, 3.63) is 71.4 Å². The van der Waals surface area contributed by atoms with Crippen LogP contribution in [0.5, 0.6) is 0 Å². The number of anilines is 1. The van der Waals surface area contributed by atoms with Gasteiger partial charge in [-0.05, 0) is 47.4 Å². The summed E-state index contributed by atoms with van der Waals surface area (Å²) in [5.41, 5.74) is 4.75. The van der Waals surface area contributed by atoms with Gasteiger partial charge < -0.3 is 15.2 Å². The molecule has 1 fully saturated rings. The number of aliphatic carboxylic acids is 1. The standard InChI is InChI=1S/C26H26N4O5/c31-24(32)12-15-9-10-16(11-15)27-25(33)22-13-23(30-29-22)28-26(34)35-14-21-19-7-3-1-5-17(19)18-6-2-4-8-20(18)21/h1-8,13,15-16,21H,9-12,14H2,(H,27,33)(H,31,32)(H2,28,29,30,34). The number of carbonyl (C=O) groups excluding carboxylic acids is 2. The van der Waals surface area contributed by atoms with Crippen molar-refractivity contribution in [1.82, 2.24) is 15.5 Å². The molecule has 4 N–H and O–H groups in total. The van der Waals surface area contributed by atoms with Gasteiger partial charge in [-0.25, -0.2) is 4.79 Å². The molecule has 1 heterocycles. The molecule has 0 bridgehead atoms. The lowest BCUT2D eigenvalue weighted by Crippen LogP contribution is -2.33. The van der Waals surface area contributed by atoms with Gasteiger partial charge in [0.15, 0.2) is 5.82 Å². The van der Waals surface area contributed by atoms with Gasteiger partial charge in [0, 0.05) is 24.4 Å². The molecule has 2 amide bonds. The summed E-state index contributed by atoms with van der Waals surface area (Å²) in [6, 6.07) is 17.6. The molecule has 3 aromatic rings. The number of carboxylic acid groups (broad SMARTS) is 1. The van der Waals surface area contributed by atoms with E-state index in [2.05, 4.69) is 33.0 Å². The summed E-state index contributed by atoms with van der Waals surface area (Å²) in [4.78, 5) is 35.8. The summed E-state index contributed by atoms with van der Waals surface area (Å²) in [5.74, 6) is -0.962. The van der Waals surface area contributed by atoms with Crippen molar-refractivity contribution in [2.45, 2.75) is 37.6 Å². The van der Waals surface area contributed by atoms with Gasteiger partial charge in [0.05, 0.1) is 0 Å². The summed E-state index contributed by atoms with van der Waals surface area (Å²) in [7, 11) is 0. The monoisotopic (exact) mass is 474 g/mol. The fourth-order valence-electron chi connectivity index (χ4n) is 5.14. The molecule has 9 heteroatoms. The normalized spacial score (nSPS) is 18.5. The minimum atomic E-state index is -0.820. The van der Waals surface area contributed by atoms with E-state index in [4.69, 9.17) is 9.84 Å². The van der Waals surface area contributed by atoms with E-state index < -0.39 is 12.1 Å². The molecular formula is C26H26N4O5. The second-order valence-electron chi connectivity index (χ2n) is 9.06. The van der Waals surface area contributed by atoms with Crippen LogP contribution in [0.4, 0.5) is 10.6 Å². The summed E-state index contributed by atoms with van der Waals surface area (Å²) in [6.45, 7) is 0.177. The van der Waals surface area contributed by atoms with Gasteiger partial charge in [-0.2, -0.15) is 5.10 Å². The van der Waals surface area contributed by atoms with Crippen LogP contribution in [-0.2, 0) is 9.53 Å². The lowest BCUT2D eigenvalue weighted by atomic mass is 9.98. The highest BCUT2D eigenvalue weighted by Gasteiger charge is 2.30.